The average molecular weight is 300 g/mol. The number of carbonyl (C=O) groups is 1. The first-order valence-corrected chi connectivity index (χ1v) is 6.28. The van der Waals surface area contributed by atoms with Gasteiger partial charge in [-0.1, -0.05) is 6.07 Å². The number of anilines is 1. The molecule has 1 fully saturated rings. The fraction of sp³-hybridized carbons (Fsp3) is 0.417. The quantitative estimate of drug-likeness (QED) is 0.799. The van der Waals surface area contributed by atoms with E-state index >= 15 is 0 Å². The van der Waals surface area contributed by atoms with Crippen LogP contribution in [-0.4, -0.2) is 28.3 Å². The Morgan fingerprint density at radius 3 is 2.65 bits per heavy atom. The van der Waals surface area contributed by atoms with Gasteiger partial charge >= 0.3 is 5.97 Å². The fourth-order valence-corrected chi connectivity index (χ4v) is 2.59. The average Bonchev–Trinajstić information content (AvgIpc) is 2.23. The van der Waals surface area contributed by atoms with E-state index in [4.69, 9.17) is 0 Å². The van der Waals surface area contributed by atoms with E-state index in [2.05, 4.69) is 21.2 Å². The molecule has 0 aromatic heterocycles. The molecule has 0 spiro atoms. The van der Waals surface area contributed by atoms with Crippen LogP contribution in [0.4, 0.5) is 5.69 Å². The van der Waals surface area contributed by atoms with Gasteiger partial charge in [-0.2, -0.15) is 0 Å². The van der Waals surface area contributed by atoms with E-state index < -0.39 is 5.97 Å². The number of aromatic carboxylic acids is 1. The highest BCUT2D eigenvalue weighted by atomic mass is 79.9. The number of halogens is 1. The number of carboxylic acid groups (broad SMARTS) is 1. The van der Waals surface area contributed by atoms with E-state index in [0.29, 0.717) is 10.2 Å². The third-order valence-corrected chi connectivity index (χ3v) is 3.90. The maximum atomic E-state index is 11.2. The Morgan fingerprint density at radius 2 is 2.18 bits per heavy atom. The van der Waals surface area contributed by atoms with Crippen LogP contribution in [0.2, 0.25) is 0 Å². The van der Waals surface area contributed by atoms with Gasteiger partial charge in [0.25, 0.3) is 0 Å². The third-order valence-electron chi connectivity index (χ3n) is 3.24. The first kappa shape index (κ1) is 12.4. The van der Waals surface area contributed by atoms with Crippen molar-refractivity contribution in [2.75, 3.05) is 11.9 Å². The van der Waals surface area contributed by atoms with Crippen molar-refractivity contribution in [3.8, 4) is 0 Å². The summed E-state index contributed by atoms with van der Waals surface area (Å²) in [4.78, 5) is 11.2. The molecule has 92 valence electrons. The highest BCUT2D eigenvalue weighted by Gasteiger charge is 2.37. The molecule has 1 aliphatic rings. The Morgan fingerprint density at radius 1 is 1.47 bits per heavy atom. The maximum absolute atomic E-state index is 11.2. The van der Waals surface area contributed by atoms with Gasteiger partial charge in [0, 0.05) is 4.47 Å². The highest BCUT2D eigenvalue weighted by molar-refractivity contribution is 9.10. The zero-order chi connectivity index (χ0) is 12.5. The minimum Gasteiger partial charge on any atom is -0.478 e. The summed E-state index contributed by atoms with van der Waals surface area (Å²) in [5.41, 5.74) is 0.429. The minimum absolute atomic E-state index is 0.0264. The van der Waals surface area contributed by atoms with Gasteiger partial charge in [0.2, 0.25) is 0 Å². The van der Waals surface area contributed by atoms with Crippen LogP contribution in [-0.2, 0) is 0 Å². The van der Waals surface area contributed by atoms with E-state index in [1.165, 1.54) is 0 Å². The molecule has 0 atom stereocenters. The van der Waals surface area contributed by atoms with Crippen molar-refractivity contribution >= 4 is 27.6 Å². The number of nitrogens with one attached hydrogen (secondary N) is 1. The van der Waals surface area contributed by atoms with E-state index in [9.17, 15) is 15.0 Å². The summed E-state index contributed by atoms with van der Waals surface area (Å²) in [6, 6.07) is 5.20. The fourth-order valence-electron chi connectivity index (χ4n) is 2.06. The van der Waals surface area contributed by atoms with Crippen LogP contribution >= 0.6 is 15.9 Å². The van der Waals surface area contributed by atoms with Crippen molar-refractivity contribution in [1.29, 1.82) is 0 Å². The monoisotopic (exact) mass is 299 g/mol. The van der Waals surface area contributed by atoms with E-state index in [1.807, 2.05) is 0 Å². The Hall–Kier alpha value is -1.07. The normalized spacial score (nSPS) is 17.3. The van der Waals surface area contributed by atoms with Gasteiger partial charge in [-0.3, -0.25) is 0 Å². The Labute approximate surface area is 108 Å². The summed E-state index contributed by atoms with van der Waals surface area (Å²) in [6.45, 7) is 0.0264. The van der Waals surface area contributed by atoms with Gasteiger partial charge in [-0.15, -0.1) is 0 Å². The number of benzene rings is 1. The van der Waals surface area contributed by atoms with Gasteiger partial charge in [-0.25, -0.2) is 4.79 Å². The molecule has 2 rings (SSSR count). The number of aliphatic hydroxyl groups excluding tert-OH is 1. The zero-order valence-electron chi connectivity index (χ0n) is 9.24. The molecule has 1 aliphatic carbocycles. The van der Waals surface area contributed by atoms with Crippen LogP contribution in [0.1, 0.15) is 29.6 Å². The van der Waals surface area contributed by atoms with Crippen molar-refractivity contribution < 1.29 is 15.0 Å². The Kier molecular flexibility index (Phi) is 3.40. The molecule has 0 radical (unpaired) electrons. The molecular formula is C12H14BrNO3. The van der Waals surface area contributed by atoms with Crippen LogP contribution in [0.25, 0.3) is 0 Å². The summed E-state index contributed by atoms with van der Waals surface area (Å²) in [7, 11) is 0. The second kappa shape index (κ2) is 4.66. The highest BCUT2D eigenvalue weighted by Crippen LogP contribution is 2.37. The van der Waals surface area contributed by atoms with Gasteiger partial charge in [0.05, 0.1) is 23.4 Å². The second-order valence-electron chi connectivity index (χ2n) is 4.38. The van der Waals surface area contributed by atoms with Gasteiger partial charge < -0.3 is 15.5 Å². The largest absolute Gasteiger partial charge is 0.478 e. The molecular weight excluding hydrogens is 286 g/mol. The first-order chi connectivity index (χ1) is 8.08. The molecule has 5 heteroatoms. The predicted octanol–water partition coefficient (Wildman–Crippen LogP) is 2.47. The van der Waals surface area contributed by atoms with E-state index in [-0.39, 0.29) is 17.7 Å². The maximum Gasteiger partial charge on any atom is 0.338 e. The number of hydrogen-bond donors (Lipinski definition) is 3. The molecule has 1 aromatic carbocycles. The molecule has 4 nitrogen and oxygen atoms in total. The van der Waals surface area contributed by atoms with Gasteiger partial charge in [0.1, 0.15) is 0 Å². The van der Waals surface area contributed by atoms with Crippen LogP contribution in [0.15, 0.2) is 22.7 Å². The summed E-state index contributed by atoms with van der Waals surface area (Å²) in [6.07, 6.45) is 2.80. The van der Waals surface area contributed by atoms with Crippen molar-refractivity contribution in [1.82, 2.24) is 0 Å². The third kappa shape index (κ3) is 2.30. The second-order valence-corrected chi connectivity index (χ2v) is 5.24. The van der Waals surface area contributed by atoms with Crippen molar-refractivity contribution in [2.45, 2.75) is 24.8 Å². The lowest BCUT2D eigenvalue weighted by Crippen LogP contribution is -2.48. The Bertz CT molecular complexity index is 438. The first-order valence-electron chi connectivity index (χ1n) is 5.49. The van der Waals surface area contributed by atoms with Crippen molar-refractivity contribution in [3.05, 3.63) is 28.2 Å². The number of carboxylic acids is 1. The van der Waals surface area contributed by atoms with Crippen molar-refractivity contribution in [3.63, 3.8) is 0 Å². The molecule has 0 bridgehead atoms. The molecule has 0 unspecified atom stereocenters. The van der Waals surface area contributed by atoms with E-state index in [0.717, 1.165) is 19.3 Å². The number of aliphatic hydroxyl groups is 1. The molecule has 3 N–H and O–H groups in total. The molecule has 1 aromatic rings. The molecule has 0 heterocycles. The SMILES string of the molecule is O=C(O)c1c(Br)cccc1NC1(CO)CCC1. The lowest BCUT2D eigenvalue weighted by molar-refractivity contribution is 0.0696. The van der Waals surface area contributed by atoms with Crippen LogP contribution in [0.5, 0.6) is 0 Å². The van der Waals surface area contributed by atoms with Crippen molar-refractivity contribution in [2.24, 2.45) is 0 Å². The predicted molar refractivity (Wildman–Crippen MR) is 68.4 cm³/mol. The standard InChI is InChI=1S/C12H14BrNO3/c13-8-3-1-4-9(10(8)11(16)17)14-12(7-15)5-2-6-12/h1,3-4,14-15H,2,5-7H2,(H,16,17). The summed E-state index contributed by atoms with van der Waals surface area (Å²) >= 11 is 3.23. The van der Waals surface area contributed by atoms with Gasteiger partial charge in [-0.05, 0) is 47.3 Å². The van der Waals surface area contributed by atoms with Crippen LogP contribution in [0.3, 0.4) is 0 Å². The summed E-state index contributed by atoms with van der Waals surface area (Å²) < 4.78 is 0.544. The molecule has 0 saturated heterocycles. The topological polar surface area (TPSA) is 69.6 Å². The summed E-state index contributed by atoms with van der Waals surface area (Å²) in [5, 5.41) is 21.7. The summed E-state index contributed by atoms with van der Waals surface area (Å²) in [5.74, 6) is -0.979. The molecule has 1 saturated carbocycles. The van der Waals surface area contributed by atoms with E-state index in [1.54, 1.807) is 18.2 Å². The van der Waals surface area contributed by atoms with Gasteiger partial charge in [0.15, 0.2) is 0 Å². The minimum atomic E-state index is -0.979. The van der Waals surface area contributed by atoms with Crippen LogP contribution in [0, 0.1) is 0 Å². The zero-order valence-corrected chi connectivity index (χ0v) is 10.8. The lowest BCUT2D eigenvalue weighted by Gasteiger charge is -2.42. The van der Waals surface area contributed by atoms with Crippen LogP contribution < -0.4 is 5.32 Å². The molecule has 0 amide bonds. The number of rotatable bonds is 4. The molecule has 0 aliphatic heterocycles. The lowest BCUT2D eigenvalue weighted by atomic mass is 9.77. The molecule has 17 heavy (non-hydrogen) atoms. The number of hydrogen-bond acceptors (Lipinski definition) is 3. The Balaban J connectivity index is 2.32. The smallest absolute Gasteiger partial charge is 0.338 e.